The van der Waals surface area contributed by atoms with Gasteiger partial charge in [0, 0.05) is 31.8 Å². The van der Waals surface area contributed by atoms with Crippen molar-refractivity contribution < 1.29 is 32.2 Å². The second-order valence-corrected chi connectivity index (χ2v) is 7.60. The Balaban J connectivity index is 2.45. The summed E-state index contributed by atoms with van der Waals surface area (Å²) in [5.74, 6) is -0.461. The van der Waals surface area contributed by atoms with Gasteiger partial charge in [0.2, 0.25) is 5.91 Å². The molecule has 2 rings (SSSR count). The molecule has 0 saturated carbocycles. The summed E-state index contributed by atoms with van der Waals surface area (Å²) in [5.41, 5.74) is 0.471. The maximum atomic E-state index is 12.8. The number of rotatable bonds is 7. The van der Waals surface area contributed by atoms with Gasteiger partial charge in [0.15, 0.2) is 11.5 Å². The minimum atomic E-state index is -4.04. The number of carbonyl (C=O) groups excluding carboxylic acids is 2. The molecule has 0 spiro atoms. The average Bonchev–Trinajstić information content (AvgIpc) is 2.71. The molecule has 1 N–H and O–H groups in total. The fraction of sp³-hybridized carbons (Fsp3) is 0.263. The zero-order valence-electron chi connectivity index (χ0n) is 16.7. The number of ether oxygens (including phenoxy) is 3. The van der Waals surface area contributed by atoms with Crippen molar-refractivity contribution in [2.75, 3.05) is 38.0 Å². The first-order valence-electron chi connectivity index (χ1n) is 8.36. The molecular weight excluding hydrogens is 400 g/mol. The molecule has 2 aromatic rings. The SMILES string of the molecule is COC(=O)c1cc(OC)c(OC)cc1NS(=O)(=O)c1ccc(N(C)C(C)=O)cc1. The van der Waals surface area contributed by atoms with Crippen molar-refractivity contribution in [3.8, 4) is 11.5 Å². The standard InChI is InChI=1S/C19H22N2O7S/c1-12(22)21(2)13-6-8-14(9-7-13)29(24,25)20-16-11-18(27-4)17(26-3)10-15(16)19(23)28-5/h6-11,20H,1-5H3. The molecule has 0 aliphatic heterocycles. The number of methoxy groups -OCH3 is 3. The first kappa shape index (κ1) is 22.0. The van der Waals surface area contributed by atoms with Crippen molar-refractivity contribution in [1.29, 1.82) is 0 Å². The highest BCUT2D eigenvalue weighted by Gasteiger charge is 2.22. The molecule has 0 atom stereocenters. The van der Waals surface area contributed by atoms with Crippen LogP contribution in [0.1, 0.15) is 17.3 Å². The quantitative estimate of drug-likeness (QED) is 0.681. The summed E-state index contributed by atoms with van der Waals surface area (Å²) in [5, 5.41) is 0. The largest absolute Gasteiger partial charge is 0.493 e. The number of hydrogen-bond acceptors (Lipinski definition) is 7. The Morgan fingerprint density at radius 3 is 2.00 bits per heavy atom. The number of carbonyl (C=O) groups is 2. The molecule has 1 amide bonds. The Hall–Kier alpha value is -3.27. The summed E-state index contributed by atoms with van der Waals surface area (Å²) in [4.78, 5) is 24.9. The van der Waals surface area contributed by atoms with E-state index in [9.17, 15) is 18.0 Å². The van der Waals surface area contributed by atoms with Gasteiger partial charge < -0.3 is 19.1 Å². The maximum Gasteiger partial charge on any atom is 0.340 e. The smallest absolute Gasteiger partial charge is 0.340 e. The Morgan fingerprint density at radius 1 is 0.966 bits per heavy atom. The van der Waals surface area contributed by atoms with E-state index in [4.69, 9.17) is 14.2 Å². The van der Waals surface area contributed by atoms with Gasteiger partial charge in [-0.3, -0.25) is 9.52 Å². The molecule has 9 nitrogen and oxygen atoms in total. The van der Waals surface area contributed by atoms with E-state index >= 15 is 0 Å². The minimum absolute atomic E-state index is 0.0283. The summed E-state index contributed by atoms with van der Waals surface area (Å²) in [6, 6.07) is 8.39. The fourth-order valence-electron chi connectivity index (χ4n) is 2.48. The minimum Gasteiger partial charge on any atom is -0.493 e. The predicted octanol–water partition coefficient (Wildman–Crippen LogP) is 2.27. The van der Waals surface area contributed by atoms with Gasteiger partial charge in [0.05, 0.1) is 37.5 Å². The van der Waals surface area contributed by atoms with Gasteiger partial charge in [-0.25, -0.2) is 13.2 Å². The maximum absolute atomic E-state index is 12.8. The van der Waals surface area contributed by atoms with E-state index in [1.54, 1.807) is 7.05 Å². The van der Waals surface area contributed by atoms with Crippen LogP contribution in [0.4, 0.5) is 11.4 Å². The lowest BCUT2D eigenvalue weighted by atomic mass is 10.1. The van der Waals surface area contributed by atoms with E-state index in [0.29, 0.717) is 5.69 Å². The summed E-state index contributed by atoms with van der Waals surface area (Å²) in [6.45, 7) is 1.40. The van der Waals surface area contributed by atoms with Crippen LogP contribution in [0.3, 0.4) is 0 Å². The van der Waals surface area contributed by atoms with Gasteiger partial charge in [-0.2, -0.15) is 0 Å². The molecule has 0 saturated heterocycles. The third-order valence-corrected chi connectivity index (χ3v) is 5.56. The van der Waals surface area contributed by atoms with Crippen LogP contribution in [0.25, 0.3) is 0 Å². The number of nitrogens with one attached hydrogen (secondary N) is 1. The molecule has 0 bridgehead atoms. The molecule has 0 fully saturated rings. The zero-order valence-corrected chi connectivity index (χ0v) is 17.5. The molecule has 0 unspecified atom stereocenters. The van der Waals surface area contributed by atoms with Crippen molar-refractivity contribution in [2.24, 2.45) is 0 Å². The Bertz CT molecular complexity index is 1020. The predicted molar refractivity (Wildman–Crippen MR) is 107 cm³/mol. The lowest BCUT2D eigenvalue weighted by Gasteiger charge is -2.17. The highest BCUT2D eigenvalue weighted by molar-refractivity contribution is 7.92. The number of hydrogen-bond donors (Lipinski definition) is 1. The first-order valence-corrected chi connectivity index (χ1v) is 9.84. The molecule has 0 radical (unpaired) electrons. The van der Waals surface area contributed by atoms with Gasteiger partial charge in [0.1, 0.15) is 0 Å². The highest BCUT2D eigenvalue weighted by Crippen LogP contribution is 2.35. The van der Waals surface area contributed by atoms with Gasteiger partial charge in [-0.1, -0.05) is 0 Å². The van der Waals surface area contributed by atoms with Gasteiger partial charge in [-0.05, 0) is 24.3 Å². The fourth-order valence-corrected chi connectivity index (χ4v) is 3.55. The number of amides is 1. The molecule has 10 heteroatoms. The van der Waals surface area contributed by atoms with E-state index < -0.39 is 16.0 Å². The van der Waals surface area contributed by atoms with Crippen LogP contribution in [-0.4, -0.2) is 48.7 Å². The highest BCUT2D eigenvalue weighted by atomic mass is 32.2. The molecule has 156 valence electrons. The van der Waals surface area contributed by atoms with Gasteiger partial charge in [-0.15, -0.1) is 0 Å². The van der Waals surface area contributed by atoms with E-state index in [2.05, 4.69) is 4.72 Å². The van der Waals surface area contributed by atoms with E-state index in [1.807, 2.05) is 0 Å². The van der Waals surface area contributed by atoms with Crippen molar-refractivity contribution in [3.63, 3.8) is 0 Å². The number of benzene rings is 2. The summed E-state index contributed by atoms with van der Waals surface area (Å²) in [6.07, 6.45) is 0. The van der Waals surface area contributed by atoms with E-state index in [-0.39, 0.29) is 33.6 Å². The monoisotopic (exact) mass is 422 g/mol. The Morgan fingerprint density at radius 2 is 1.52 bits per heavy atom. The molecule has 2 aromatic carbocycles. The second kappa shape index (κ2) is 8.82. The molecule has 29 heavy (non-hydrogen) atoms. The first-order chi connectivity index (χ1) is 13.6. The average molecular weight is 422 g/mol. The Kier molecular flexibility index (Phi) is 6.70. The van der Waals surface area contributed by atoms with Crippen LogP contribution in [0.2, 0.25) is 0 Å². The summed E-state index contributed by atoms with van der Waals surface area (Å²) < 4.78 is 43.1. The molecular formula is C19H22N2O7S. The third-order valence-electron chi connectivity index (χ3n) is 4.18. The topological polar surface area (TPSA) is 111 Å². The lowest BCUT2D eigenvalue weighted by Crippen LogP contribution is -2.23. The van der Waals surface area contributed by atoms with Crippen LogP contribution < -0.4 is 19.1 Å². The summed E-state index contributed by atoms with van der Waals surface area (Å²) >= 11 is 0. The van der Waals surface area contributed by atoms with Crippen LogP contribution in [-0.2, 0) is 19.6 Å². The van der Waals surface area contributed by atoms with Crippen LogP contribution in [0, 0.1) is 0 Å². The Labute approximate surface area is 169 Å². The van der Waals surface area contributed by atoms with Gasteiger partial charge in [0.25, 0.3) is 10.0 Å². The zero-order chi connectivity index (χ0) is 21.8. The van der Waals surface area contributed by atoms with Crippen LogP contribution in [0.15, 0.2) is 41.3 Å². The normalized spacial score (nSPS) is 10.8. The van der Waals surface area contributed by atoms with Crippen LogP contribution in [0.5, 0.6) is 11.5 Å². The molecule has 0 aliphatic carbocycles. The van der Waals surface area contributed by atoms with Crippen molar-refractivity contribution in [1.82, 2.24) is 0 Å². The second-order valence-electron chi connectivity index (χ2n) is 5.92. The molecule has 0 aliphatic rings. The summed E-state index contributed by atoms with van der Waals surface area (Å²) in [7, 11) is 1.50. The number of anilines is 2. The third kappa shape index (κ3) is 4.77. The van der Waals surface area contributed by atoms with Crippen molar-refractivity contribution in [3.05, 3.63) is 42.0 Å². The lowest BCUT2D eigenvalue weighted by molar-refractivity contribution is -0.116. The van der Waals surface area contributed by atoms with Gasteiger partial charge >= 0.3 is 5.97 Å². The number of sulfonamides is 1. The van der Waals surface area contributed by atoms with Crippen molar-refractivity contribution in [2.45, 2.75) is 11.8 Å². The van der Waals surface area contributed by atoms with E-state index in [0.717, 1.165) is 0 Å². The van der Waals surface area contributed by atoms with Crippen LogP contribution >= 0.6 is 0 Å². The van der Waals surface area contributed by atoms with E-state index in [1.165, 1.54) is 69.6 Å². The molecule has 0 aromatic heterocycles. The van der Waals surface area contributed by atoms with Crippen molar-refractivity contribution >= 4 is 33.3 Å². The number of nitrogens with zero attached hydrogens (tertiary/aromatic N) is 1. The number of esters is 1. The molecule has 0 heterocycles.